The zero-order valence-corrected chi connectivity index (χ0v) is 23.6. The average Bonchev–Trinajstić information content (AvgIpc) is 2.91. The van der Waals surface area contributed by atoms with E-state index in [1.807, 2.05) is 18.2 Å². The molecule has 0 bridgehead atoms. The number of aryl methyl sites for hydroxylation is 3. The second kappa shape index (κ2) is 19.6. The number of carbonyl (C=O) groups is 1. The molecule has 0 aliphatic carbocycles. The summed E-state index contributed by atoms with van der Waals surface area (Å²) in [4.78, 5) is 10.1. The van der Waals surface area contributed by atoms with Crippen molar-refractivity contribution in [3.05, 3.63) is 94.6 Å². The summed E-state index contributed by atoms with van der Waals surface area (Å²) >= 11 is 0. The molecule has 0 saturated heterocycles. The molecular formula is C31H42F2N2O4. The van der Waals surface area contributed by atoms with Gasteiger partial charge in [-0.25, -0.2) is 8.78 Å². The van der Waals surface area contributed by atoms with Gasteiger partial charge in [0.15, 0.2) is 11.5 Å². The zero-order valence-electron chi connectivity index (χ0n) is 23.6. The summed E-state index contributed by atoms with van der Waals surface area (Å²) in [5.41, 5.74) is 4.35. The molecular weight excluding hydrogens is 502 g/mol. The number of hydrogen-bond acceptors (Lipinski definition) is 5. The molecule has 3 aromatic rings. The molecule has 0 fully saturated rings. The van der Waals surface area contributed by atoms with Crippen molar-refractivity contribution in [1.82, 2.24) is 10.6 Å². The van der Waals surface area contributed by atoms with Gasteiger partial charge in [-0.05, 0) is 60.2 Å². The van der Waals surface area contributed by atoms with Crippen LogP contribution in [0.1, 0.15) is 42.5 Å². The Morgan fingerprint density at radius 2 is 1.59 bits per heavy atom. The van der Waals surface area contributed by atoms with Crippen LogP contribution in [0.4, 0.5) is 8.78 Å². The van der Waals surface area contributed by atoms with Gasteiger partial charge in [-0.15, -0.1) is 0 Å². The Bertz CT molecular complexity index is 1040. The Morgan fingerprint density at radius 3 is 2.15 bits per heavy atom. The van der Waals surface area contributed by atoms with E-state index in [0.717, 1.165) is 43.4 Å². The molecule has 214 valence electrons. The highest BCUT2D eigenvalue weighted by Crippen LogP contribution is 2.30. The van der Waals surface area contributed by atoms with Gasteiger partial charge >= 0.3 is 0 Å². The molecule has 0 spiro atoms. The van der Waals surface area contributed by atoms with E-state index in [1.54, 1.807) is 21.1 Å². The van der Waals surface area contributed by atoms with Gasteiger partial charge in [0.05, 0.1) is 20.3 Å². The van der Waals surface area contributed by atoms with Crippen LogP contribution in [0.5, 0.6) is 11.5 Å². The molecule has 0 aromatic heterocycles. The molecule has 1 amide bonds. The fourth-order valence-corrected chi connectivity index (χ4v) is 3.75. The van der Waals surface area contributed by atoms with Crippen LogP contribution in [0, 0.1) is 18.6 Å². The fraction of sp³-hybridized carbons (Fsp3) is 0.387. The minimum Gasteiger partial charge on any atom is -0.493 e. The molecule has 8 heteroatoms. The maximum atomic E-state index is 12.2. The molecule has 1 unspecified atom stereocenters. The Hall–Kier alpha value is -3.49. The van der Waals surface area contributed by atoms with Gasteiger partial charge in [0.25, 0.3) is 0 Å². The van der Waals surface area contributed by atoms with Gasteiger partial charge in [-0.3, -0.25) is 4.79 Å². The lowest BCUT2D eigenvalue weighted by atomic mass is 10.1. The van der Waals surface area contributed by atoms with Gasteiger partial charge in [-0.2, -0.15) is 0 Å². The van der Waals surface area contributed by atoms with Crippen molar-refractivity contribution in [3.8, 4) is 11.5 Å². The lowest BCUT2D eigenvalue weighted by molar-refractivity contribution is -0.109. The Labute approximate surface area is 231 Å². The third-order valence-corrected chi connectivity index (χ3v) is 5.55. The average molecular weight is 545 g/mol. The normalized spacial score (nSPS) is 10.8. The maximum absolute atomic E-state index is 12.2. The molecule has 3 N–H and O–H groups in total. The lowest BCUT2D eigenvalue weighted by Crippen LogP contribution is -2.34. The van der Waals surface area contributed by atoms with E-state index in [-0.39, 0.29) is 6.54 Å². The van der Waals surface area contributed by atoms with Crippen LogP contribution in [-0.4, -0.2) is 44.9 Å². The first kappa shape index (κ1) is 33.5. The van der Waals surface area contributed by atoms with Crippen molar-refractivity contribution in [2.24, 2.45) is 0 Å². The third kappa shape index (κ3) is 13.7. The number of nitrogens with one attached hydrogen (secondary N) is 2. The van der Waals surface area contributed by atoms with Crippen molar-refractivity contribution in [1.29, 1.82) is 0 Å². The SMILES string of the molecule is CCCc1cccc(CNCC(O)CNC=O)c1.CCc1cccc(OC)c1OC.Cc1cc(F)cc(F)c1. The summed E-state index contributed by atoms with van der Waals surface area (Å²) in [5, 5.41) is 15.1. The topological polar surface area (TPSA) is 79.8 Å². The van der Waals surface area contributed by atoms with Crippen LogP contribution in [0.25, 0.3) is 0 Å². The summed E-state index contributed by atoms with van der Waals surface area (Å²) < 4.78 is 34.8. The smallest absolute Gasteiger partial charge is 0.207 e. The number of hydrogen-bond donors (Lipinski definition) is 3. The van der Waals surface area contributed by atoms with Gasteiger partial charge in [-0.1, -0.05) is 56.7 Å². The molecule has 0 saturated carbocycles. The summed E-state index contributed by atoms with van der Waals surface area (Å²) in [6, 6.07) is 17.8. The highest BCUT2D eigenvalue weighted by atomic mass is 19.1. The minimum absolute atomic E-state index is 0.284. The van der Waals surface area contributed by atoms with E-state index in [2.05, 4.69) is 48.7 Å². The number of benzene rings is 3. The molecule has 3 aromatic carbocycles. The number of methoxy groups -OCH3 is 2. The predicted octanol–water partition coefficient (Wildman–Crippen LogP) is 5.38. The van der Waals surface area contributed by atoms with Crippen LogP contribution >= 0.6 is 0 Å². The monoisotopic (exact) mass is 544 g/mol. The molecule has 0 aliphatic rings. The second-order valence-corrected chi connectivity index (χ2v) is 8.83. The number of aliphatic hydroxyl groups excluding tert-OH is 1. The van der Waals surface area contributed by atoms with Crippen LogP contribution in [0.2, 0.25) is 0 Å². The minimum atomic E-state index is -0.547. The first-order valence-corrected chi connectivity index (χ1v) is 13.0. The third-order valence-electron chi connectivity index (χ3n) is 5.55. The lowest BCUT2D eigenvalue weighted by Gasteiger charge is -2.11. The number of aliphatic hydroxyl groups is 1. The van der Waals surface area contributed by atoms with Crippen LogP contribution < -0.4 is 20.1 Å². The van der Waals surface area contributed by atoms with E-state index in [1.165, 1.54) is 28.8 Å². The van der Waals surface area contributed by atoms with E-state index in [0.29, 0.717) is 18.5 Å². The maximum Gasteiger partial charge on any atom is 0.207 e. The van der Waals surface area contributed by atoms with Gasteiger partial charge < -0.3 is 25.2 Å². The summed E-state index contributed by atoms with van der Waals surface area (Å²) in [5.74, 6) is 0.611. The van der Waals surface area contributed by atoms with E-state index >= 15 is 0 Å². The van der Waals surface area contributed by atoms with Gasteiger partial charge in [0, 0.05) is 25.7 Å². The molecule has 1 atom stereocenters. The first-order valence-electron chi connectivity index (χ1n) is 13.0. The number of para-hydroxylation sites is 1. The number of rotatable bonds is 12. The summed E-state index contributed by atoms with van der Waals surface area (Å²) in [7, 11) is 3.31. The largest absolute Gasteiger partial charge is 0.493 e. The van der Waals surface area contributed by atoms with Crippen LogP contribution in [0.15, 0.2) is 60.7 Å². The predicted molar refractivity (Wildman–Crippen MR) is 152 cm³/mol. The van der Waals surface area contributed by atoms with E-state index in [9.17, 15) is 18.7 Å². The number of ether oxygens (including phenoxy) is 2. The van der Waals surface area contributed by atoms with Crippen molar-refractivity contribution < 1.29 is 28.2 Å². The Morgan fingerprint density at radius 1 is 0.923 bits per heavy atom. The fourth-order valence-electron chi connectivity index (χ4n) is 3.75. The molecule has 0 heterocycles. The Balaban J connectivity index is 0.000000312. The highest BCUT2D eigenvalue weighted by Gasteiger charge is 2.06. The number of carbonyl (C=O) groups excluding carboxylic acids is 1. The van der Waals surface area contributed by atoms with E-state index < -0.39 is 17.7 Å². The summed E-state index contributed by atoms with van der Waals surface area (Å²) in [6.07, 6.45) is 3.25. The van der Waals surface area contributed by atoms with Gasteiger partial charge in [0.2, 0.25) is 6.41 Å². The van der Waals surface area contributed by atoms with Crippen molar-refractivity contribution in [3.63, 3.8) is 0 Å². The number of amides is 1. The zero-order chi connectivity index (χ0) is 29.0. The van der Waals surface area contributed by atoms with E-state index in [4.69, 9.17) is 9.47 Å². The molecule has 39 heavy (non-hydrogen) atoms. The van der Waals surface area contributed by atoms with Crippen LogP contribution in [-0.2, 0) is 24.2 Å². The standard InChI is InChI=1S/C14H22N2O2.C10H14O2.C7H6F2/c1-2-4-12-5-3-6-13(7-12)8-15-9-14(18)10-16-11-17;1-4-8-6-5-7-9(11-2)10(8)12-3;1-5-2-6(8)4-7(9)3-5/h3,5-7,11,14-15,18H,2,4,8-10H2,1H3,(H,16,17);5-7H,4H2,1-3H3;2-4H,1H3. The quantitative estimate of drug-likeness (QED) is 0.267. The molecule has 6 nitrogen and oxygen atoms in total. The second-order valence-electron chi connectivity index (χ2n) is 8.83. The molecule has 3 rings (SSSR count). The van der Waals surface area contributed by atoms with Crippen molar-refractivity contribution in [2.45, 2.75) is 52.7 Å². The van der Waals surface area contributed by atoms with Gasteiger partial charge in [0.1, 0.15) is 11.6 Å². The van der Waals surface area contributed by atoms with Crippen molar-refractivity contribution >= 4 is 6.41 Å². The van der Waals surface area contributed by atoms with Crippen LogP contribution in [0.3, 0.4) is 0 Å². The highest BCUT2D eigenvalue weighted by molar-refractivity contribution is 5.46. The summed E-state index contributed by atoms with van der Waals surface area (Å²) in [6.45, 7) is 7.39. The van der Waals surface area contributed by atoms with Crippen molar-refractivity contribution in [2.75, 3.05) is 27.3 Å². The Kier molecular flexibility index (Phi) is 16.8. The molecule has 0 aliphatic heterocycles. The number of halogens is 2. The molecule has 0 radical (unpaired) electrons. The first-order chi connectivity index (χ1) is 18.8.